The molecule has 272 valence electrons. The highest BCUT2D eigenvalue weighted by Crippen LogP contribution is 2.55. The quantitative estimate of drug-likeness (QED) is 0.102. The largest absolute Gasteiger partial charge is 0.481 e. The molecule has 19 heteroatoms. The highest BCUT2D eigenvalue weighted by atomic mass is 32.2. The second kappa shape index (κ2) is 17.1. The number of rotatable bonds is 11. The van der Waals surface area contributed by atoms with Crippen molar-refractivity contribution in [2.45, 2.75) is 59.8 Å². The summed E-state index contributed by atoms with van der Waals surface area (Å²) in [7, 11) is -1.72. The molecule has 3 N–H and O–H groups in total. The number of hydrogen-bond acceptors (Lipinski definition) is 4. The zero-order valence-corrected chi connectivity index (χ0v) is 28.3. The summed E-state index contributed by atoms with van der Waals surface area (Å²) in [6.07, 6.45) is -6.82. The smallest absolute Gasteiger partial charge is 0.460 e. The number of alkyl halides is 9. The Labute approximate surface area is 280 Å². The predicted molar refractivity (Wildman–Crippen MR) is 169 cm³/mol. The number of carboxylic acid groups (broad SMARTS) is 2. The van der Waals surface area contributed by atoms with Crippen molar-refractivity contribution in [3.05, 3.63) is 108 Å². The molecule has 0 aliphatic carbocycles. The van der Waals surface area contributed by atoms with Gasteiger partial charge in [0.05, 0.1) is 6.42 Å². The lowest BCUT2D eigenvalue weighted by atomic mass is 9.75. The van der Waals surface area contributed by atoms with Gasteiger partial charge in [-0.1, -0.05) is 107 Å². The molecule has 0 fully saturated rings. The summed E-state index contributed by atoms with van der Waals surface area (Å²) >= 11 is 0. The van der Waals surface area contributed by atoms with Crippen LogP contribution in [-0.4, -0.2) is 64.1 Å². The Hall–Kier alpha value is -3.26. The lowest BCUT2D eigenvalue weighted by molar-refractivity contribution is -0.381. The first-order chi connectivity index (χ1) is 22.3. The van der Waals surface area contributed by atoms with Crippen LogP contribution in [0.3, 0.4) is 0 Å². The fourth-order valence-electron chi connectivity index (χ4n) is 4.37. The van der Waals surface area contributed by atoms with E-state index in [4.69, 9.17) is 14.8 Å². The van der Waals surface area contributed by atoms with E-state index in [9.17, 15) is 57.5 Å². The van der Waals surface area contributed by atoms with Gasteiger partial charge < -0.3 is 10.2 Å². The summed E-state index contributed by atoms with van der Waals surface area (Å²) in [5.41, 5.74) is -1.48. The van der Waals surface area contributed by atoms with Crippen molar-refractivity contribution >= 4 is 40.5 Å². The van der Waals surface area contributed by atoms with Gasteiger partial charge >= 0.3 is 35.6 Å². The van der Waals surface area contributed by atoms with E-state index in [1.54, 1.807) is 0 Å². The lowest BCUT2D eigenvalue weighted by Gasteiger charge is -2.39. The van der Waals surface area contributed by atoms with E-state index in [0.717, 1.165) is 6.42 Å². The molecular formula is C30H31F9O7P2S. The van der Waals surface area contributed by atoms with E-state index in [0.29, 0.717) is 5.92 Å². The van der Waals surface area contributed by atoms with Gasteiger partial charge in [0, 0.05) is 11.1 Å². The van der Waals surface area contributed by atoms with Crippen LogP contribution in [0.25, 0.3) is 0 Å². The molecule has 0 bridgehead atoms. The average Bonchev–Trinajstić information content (AvgIpc) is 3.00. The van der Waals surface area contributed by atoms with Crippen LogP contribution in [0, 0.1) is 0 Å². The predicted octanol–water partition coefficient (Wildman–Crippen LogP) is 8.09. The molecule has 0 saturated carbocycles. The van der Waals surface area contributed by atoms with E-state index in [-0.39, 0.29) is 14.4 Å². The fraction of sp³-hybridized carbons (Fsp3) is 0.333. The molecule has 4 atom stereocenters. The maximum atomic E-state index is 12.0. The van der Waals surface area contributed by atoms with Crippen LogP contribution in [0.15, 0.2) is 91.0 Å². The molecule has 0 radical (unpaired) electrons. The van der Waals surface area contributed by atoms with Gasteiger partial charge in [0.2, 0.25) is 0 Å². The van der Waals surface area contributed by atoms with E-state index in [1.165, 1.54) is 16.7 Å². The highest BCUT2D eigenvalue weighted by molar-refractivity contribution is 7.87. The second-order valence-corrected chi connectivity index (χ2v) is 13.4. The van der Waals surface area contributed by atoms with Crippen LogP contribution in [0.1, 0.15) is 42.4 Å². The van der Waals surface area contributed by atoms with E-state index >= 15 is 0 Å². The van der Waals surface area contributed by atoms with Crippen molar-refractivity contribution in [1.29, 1.82) is 0 Å². The Morgan fingerprint density at radius 3 is 1.29 bits per heavy atom. The van der Waals surface area contributed by atoms with Crippen molar-refractivity contribution < 1.29 is 72.3 Å². The Balaban J connectivity index is 0.000000399. The molecule has 7 nitrogen and oxygen atoms in total. The third kappa shape index (κ3) is 11.1. The van der Waals surface area contributed by atoms with Crippen LogP contribution in [0.2, 0.25) is 0 Å². The molecule has 0 heterocycles. The third-order valence-corrected chi connectivity index (χ3v) is 9.35. The molecule has 4 unspecified atom stereocenters. The number of aliphatic carboxylic acids is 2. The topological polar surface area (TPSA) is 129 Å². The van der Waals surface area contributed by atoms with Crippen LogP contribution < -0.4 is 0 Å². The average molecular weight is 769 g/mol. The molecule has 0 spiro atoms. The summed E-state index contributed by atoms with van der Waals surface area (Å²) in [5.74, 6) is -16.4. The molecule has 49 heavy (non-hydrogen) atoms. The van der Waals surface area contributed by atoms with Gasteiger partial charge in [0.1, 0.15) is 0 Å². The normalized spacial score (nSPS) is 13.9. The standard InChI is InChI=1S/C22H23P.C4H2F9P.C4H6O7S/c1-2-21(18-12-6-3-7-13-18)22(23,19-14-8-4-9-15-19)20-16-10-5-11-17-20;5-1(6,3(9,10)11)2(7,8)4(12,13)14;5-3(6)1-2(4(7)8)12(9,10)11/h3-17,21H,2,23H2,1H3;14H2;2H,1H2,(H,5,6)(H,7,8)(H,9,10,11). The first-order valence-corrected chi connectivity index (χ1v) is 16.3. The minimum atomic E-state index is -6.79. The van der Waals surface area contributed by atoms with Crippen molar-refractivity contribution in [2.24, 2.45) is 0 Å². The number of halogens is 9. The van der Waals surface area contributed by atoms with Crippen molar-refractivity contribution in [3.8, 4) is 0 Å². The minimum Gasteiger partial charge on any atom is -0.481 e. The summed E-state index contributed by atoms with van der Waals surface area (Å²) in [6.45, 7) is 2.28. The van der Waals surface area contributed by atoms with Gasteiger partial charge in [-0.3, -0.25) is 14.1 Å². The van der Waals surface area contributed by atoms with Gasteiger partial charge in [-0.05, 0) is 23.1 Å². The van der Waals surface area contributed by atoms with Crippen LogP contribution in [0.4, 0.5) is 39.5 Å². The van der Waals surface area contributed by atoms with Gasteiger partial charge in [-0.15, -0.1) is 9.24 Å². The zero-order valence-electron chi connectivity index (χ0n) is 25.2. The molecular weight excluding hydrogens is 737 g/mol. The molecule has 3 rings (SSSR count). The molecule has 3 aromatic carbocycles. The molecule has 0 saturated heterocycles. The first kappa shape index (κ1) is 43.8. The number of carboxylic acids is 2. The summed E-state index contributed by atoms with van der Waals surface area (Å²) in [6, 6.07) is 32.5. The van der Waals surface area contributed by atoms with Crippen molar-refractivity contribution in [3.63, 3.8) is 0 Å². The lowest BCUT2D eigenvalue weighted by Crippen LogP contribution is -2.58. The van der Waals surface area contributed by atoms with Crippen LogP contribution >= 0.6 is 18.5 Å². The molecule has 3 aromatic rings. The number of carbonyl (C=O) groups is 2. The maximum Gasteiger partial charge on any atom is 0.460 e. The second-order valence-electron chi connectivity index (χ2n) is 10.2. The SMILES string of the molecule is CCC(c1ccccc1)C(P)(c1ccccc1)c1ccccc1.FC(F)(F)C(F)(F)C(F)(F)C(F)(F)P.O=C(O)CC(C(=O)O)S(=O)(=O)O. The molecule has 0 aliphatic heterocycles. The fourth-order valence-corrected chi connectivity index (χ4v) is 5.97. The van der Waals surface area contributed by atoms with E-state index in [1.807, 2.05) is 0 Å². The molecule has 0 aromatic heterocycles. The number of benzene rings is 3. The Morgan fingerprint density at radius 1 is 0.694 bits per heavy atom. The first-order valence-electron chi connectivity index (χ1n) is 13.6. The van der Waals surface area contributed by atoms with E-state index in [2.05, 4.69) is 107 Å². The maximum absolute atomic E-state index is 12.0. The van der Waals surface area contributed by atoms with Crippen LogP contribution in [0.5, 0.6) is 0 Å². The summed E-state index contributed by atoms with van der Waals surface area (Å²) < 4.78 is 134. The summed E-state index contributed by atoms with van der Waals surface area (Å²) in [4.78, 5) is 20.0. The zero-order chi connectivity index (χ0) is 38.1. The summed E-state index contributed by atoms with van der Waals surface area (Å²) in [5, 5.41) is 13.8. The Bertz CT molecular complexity index is 1540. The van der Waals surface area contributed by atoms with Gasteiger partial charge in [0.25, 0.3) is 10.1 Å². The Morgan fingerprint density at radius 2 is 1.06 bits per heavy atom. The molecule has 0 aliphatic rings. The van der Waals surface area contributed by atoms with Gasteiger partial charge in [0.15, 0.2) is 5.25 Å². The van der Waals surface area contributed by atoms with E-state index < -0.39 is 57.4 Å². The van der Waals surface area contributed by atoms with Crippen molar-refractivity contribution in [1.82, 2.24) is 0 Å². The van der Waals surface area contributed by atoms with Crippen molar-refractivity contribution in [2.75, 3.05) is 0 Å². The molecule has 0 amide bonds. The van der Waals surface area contributed by atoms with Gasteiger partial charge in [-0.2, -0.15) is 47.9 Å². The Kier molecular flexibility index (Phi) is 15.3. The third-order valence-electron chi connectivity index (χ3n) is 6.83. The monoisotopic (exact) mass is 768 g/mol. The minimum absolute atomic E-state index is 0.0576. The number of hydrogen-bond donors (Lipinski definition) is 3. The van der Waals surface area contributed by atoms with Gasteiger partial charge in [-0.25, -0.2) is 0 Å². The van der Waals surface area contributed by atoms with Crippen LogP contribution in [-0.2, 0) is 24.9 Å². The highest BCUT2D eigenvalue weighted by Gasteiger charge is 2.80.